The first-order chi connectivity index (χ1) is 13.4. The van der Waals surface area contributed by atoms with Crippen LogP contribution in [0.25, 0.3) is 11.5 Å². The van der Waals surface area contributed by atoms with Crippen LogP contribution in [0.15, 0.2) is 22.6 Å². The van der Waals surface area contributed by atoms with E-state index >= 15 is 0 Å². The molecule has 28 heavy (non-hydrogen) atoms. The minimum Gasteiger partial charge on any atom is -0.442 e. The molecule has 2 aromatic rings. The Hall–Kier alpha value is -3.08. The summed E-state index contributed by atoms with van der Waals surface area (Å²) in [5, 5.41) is 6.90. The molecule has 1 saturated heterocycles. The van der Waals surface area contributed by atoms with Crippen LogP contribution in [0, 0.1) is 0 Å². The fraction of sp³-hybridized carbons (Fsp3) is 0.412. The van der Waals surface area contributed by atoms with E-state index in [2.05, 4.69) is 10.2 Å². The molecule has 1 fully saturated rings. The molecule has 2 aliphatic rings. The Morgan fingerprint density at radius 2 is 2.18 bits per heavy atom. The van der Waals surface area contributed by atoms with Crippen LogP contribution >= 0.6 is 0 Å². The molecule has 1 aromatic heterocycles. The van der Waals surface area contributed by atoms with Crippen LogP contribution in [0.2, 0.25) is 0 Å². The minimum absolute atomic E-state index is 0.0923. The normalized spacial score (nSPS) is 21.8. The Morgan fingerprint density at radius 3 is 2.89 bits per heavy atom. The zero-order chi connectivity index (χ0) is 19.8. The quantitative estimate of drug-likeness (QED) is 0.840. The zero-order valence-electron chi connectivity index (χ0n) is 14.5. The van der Waals surface area contributed by atoms with Crippen LogP contribution in [0.5, 0.6) is 0 Å². The summed E-state index contributed by atoms with van der Waals surface area (Å²) in [6.45, 7) is 0.897. The summed E-state index contributed by atoms with van der Waals surface area (Å²) in [5.74, 6) is -1.14. The third kappa shape index (κ3) is 3.28. The van der Waals surface area contributed by atoms with Gasteiger partial charge in [-0.15, -0.1) is 10.2 Å². The van der Waals surface area contributed by atoms with E-state index in [9.17, 15) is 18.4 Å². The van der Waals surface area contributed by atoms with Gasteiger partial charge in [0.25, 0.3) is 11.8 Å². The van der Waals surface area contributed by atoms with Gasteiger partial charge in [0, 0.05) is 24.3 Å². The van der Waals surface area contributed by atoms with Crippen molar-refractivity contribution >= 4 is 12.0 Å². The molecule has 2 aliphatic heterocycles. The number of benzene rings is 1. The van der Waals surface area contributed by atoms with E-state index in [1.807, 2.05) is 0 Å². The Kier molecular flexibility index (Phi) is 4.67. The van der Waals surface area contributed by atoms with Gasteiger partial charge in [0.05, 0.1) is 12.6 Å². The molecule has 148 valence electrons. The fourth-order valence-electron chi connectivity index (χ4n) is 3.48. The van der Waals surface area contributed by atoms with Crippen LogP contribution in [-0.4, -0.2) is 52.5 Å². The summed E-state index contributed by atoms with van der Waals surface area (Å²) in [6, 6.07) is 4.49. The predicted molar refractivity (Wildman–Crippen MR) is 88.2 cm³/mol. The Labute approximate surface area is 157 Å². The number of carbonyl (C=O) groups excluding carboxylic acids is 2. The van der Waals surface area contributed by atoms with Gasteiger partial charge in [0.2, 0.25) is 5.89 Å². The summed E-state index contributed by atoms with van der Waals surface area (Å²) >= 11 is 0. The summed E-state index contributed by atoms with van der Waals surface area (Å²) in [7, 11) is 0. The highest BCUT2D eigenvalue weighted by Crippen LogP contribution is 2.32. The second-order valence-corrected chi connectivity index (χ2v) is 6.46. The Morgan fingerprint density at radius 1 is 1.36 bits per heavy atom. The number of nitrogens with two attached hydrogens (primary N) is 1. The zero-order valence-corrected chi connectivity index (χ0v) is 14.5. The topological polar surface area (TPSA) is 121 Å². The molecular weight excluding hydrogens is 378 g/mol. The molecular formula is C17H16F2N4O5. The smallest absolute Gasteiger partial charge is 0.404 e. The van der Waals surface area contributed by atoms with E-state index in [4.69, 9.17) is 19.6 Å². The number of aromatic nitrogens is 2. The maximum absolute atomic E-state index is 13.0. The van der Waals surface area contributed by atoms with Gasteiger partial charge in [0.15, 0.2) is 0 Å². The number of alkyl halides is 2. The maximum Gasteiger partial charge on any atom is 0.404 e. The van der Waals surface area contributed by atoms with Gasteiger partial charge in [0.1, 0.15) is 6.10 Å². The monoisotopic (exact) mass is 394 g/mol. The van der Waals surface area contributed by atoms with E-state index < -0.39 is 24.5 Å². The molecule has 3 heterocycles. The van der Waals surface area contributed by atoms with Crippen LogP contribution < -0.4 is 5.73 Å². The van der Waals surface area contributed by atoms with E-state index in [1.165, 1.54) is 6.07 Å². The third-order valence-electron chi connectivity index (χ3n) is 4.75. The summed E-state index contributed by atoms with van der Waals surface area (Å²) in [4.78, 5) is 25.7. The maximum atomic E-state index is 13.0. The molecule has 1 aromatic carbocycles. The van der Waals surface area contributed by atoms with Gasteiger partial charge in [-0.3, -0.25) is 4.79 Å². The number of primary amides is 1. The molecule has 0 aliphatic carbocycles. The number of nitrogens with zero attached hydrogens (tertiary/aromatic N) is 3. The van der Waals surface area contributed by atoms with Crippen molar-refractivity contribution in [2.75, 3.05) is 13.2 Å². The van der Waals surface area contributed by atoms with Crippen LogP contribution in [0.3, 0.4) is 0 Å². The van der Waals surface area contributed by atoms with Crippen molar-refractivity contribution in [1.82, 2.24) is 15.1 Å². The first-order valence-corrected chi connectivity index (χ1v) is 8.53. The molecule has 4 rings (SSSR count). The fourth-order valence-corrected chi connectivity index (χ4v) is 3.48. The van der Waals surface area contributed by atoms with Crippen molar-refractivity contribution < 1.29 is 32.3 Å². The number of amides is 2. The van der Waals surface area contributed by atoms with Crippen molar-refractivity contribution in [3.63, 3.8) is 0 Å². The molecule has 0 unspecified atom stereocenters. The molecule has 2 N–H and O–H groups in total. The predicted octanol–water partition coefficient (Wildman–Crippen LogP) is 1.88. The van der Waals surface area contributed by atoms with Gasteiger partial charge in [-0.1, -0.05) is 6.07 Å². The van der Waals surface area contributed by atoms with E-state index in [-0.39, 0.29) is 24.4 Å². The van der Waals surface area contributed by atoms with Crippen molar-refractivity contribution in [2.45, 2.75) is 31.5 Å². The van der Waals surface area contributed by atoms with Gasteiger partial charge in [-0.05, 0) is 24.1 Å². The van der Waals surface area contributed by atoms with Gasteiger partial charge in [-0.2, -0.15) is 8.78 Å². The molecule has 9 nitrogen and oxygen atoms in total. The lowest BCUT2D eigenvalue weighted by molar-refractivity contribution is -0.0612. The number of fused-ring (bicyclic) bond motifs is 1. The van der Waals surface area contributed by atoms with Crippen molar-refractivity contribution in [3.05, 3.63) is 35.2 Å². The Balaban J connectivity index is 1.58. The second-order valence-electron chi connectivity index (χ2n) is 6.46. The standard InChI is InChI=1S/C17H16F2N4O5/c18-13(19)15-22-21-14(28-15)8-1-2-9-6-23(16(24)10(9)5-8)11-3-4-26-7-12(11)27-17(20)25/h1-2,5,11-13H,3-4,6-7H2,(H2,20,25)/t11-,12+/m1/s1. The van der Waals surface area contributed by atoms with Crippen LogP contribution in [0.4, 0.5) is 13.6 Å². The number of hydrogen-bond acceptors (Lipinski definition) is 7. The highest BCUT2D eigenvalue weighted by atomic mass is 19.3. The number of halogens is 2. The largest absolute Gasteiger partial charge is 0.442 e. The third-order valence-corrected chi connectivity index (χ3v) is 4.75. The first-order valence-electron chi connectivity index (χ1n) is 8.53. The molecule has 2 atom stereocenters. The lowest BCUT2D eigenvalue weighted by Crippen LogP contribution is -2.51. The average molecular weight is 394 g/mol. The van der Waals surface area contributed by atoms with Crippen LogP contribution in [0.1, 0.15) is 34.7 Å². The molecule has 0 radical (unpaired) electrons. The lowest BCUT2D eigenvalue weighted by atomic mass is 10.0. The van der Waals surface area contributed by atoms with Gasteiger partial charge >= 0.3 is 12.5 Å². The minimum atomic E-state index is -2.87. The van der Waals surface area contributed by atoms with Crippen molar-refractivity contribution in [1.29, 1.82) is 0 Å². The Bertz CT molecular complexity index is 919. The molecule has 11 heteroatoms. The second kappa shape index (κ2) is 7.15. The number of hydrogen-bond donors (Lipinski definition) is 1. The summed E-state index contributed by atoms with van der Waals surface area (Å²) < 4.78 is 40.7. The molecule has 2 amide bonds. The molecule has 0 spiro atoms. The number of rotatable bonds is 4. The molecule has 0 saturated carbocycles. The van der Waals surface area contributed by atoms with Gasteiger partial charge in [-0.25, -0.2) is 4.79 Å². The molecule has 0 bridgehead atoms. The lowest BCUT2D eigenvalue weighted by Gasteiger charge is -2.36. The van der Waals surface area contributed by atoms with Crippen molar-refractivity contribution in [3.8, 4) is 11.5 Å². The van der Waals surface area contributed by atoms with Gasteiger partial charge < -0.3 is 24.5 Å². The van der Waals surface area contributed by atoms with E-state index in [0.29, 0.717) is 30.7 Å². The number of carbonyl (C=O) groups is 2. The highest BCUT2D eigenvalue weighted by molar-refractivity contribution is 5.99. The van der Waals surface area contributed by atoms with Crippen LogP contribution in [-0.2, 0) is 16.0 Å². The summed E-state index contributed by atoms with van der Waals surface area (Å²) in [5.41, 5.74) is 6.64. The first kappa shape index (κ1) is 18.3. The SMILES string of the molecule is NC(=O)O[C@H]1COCC[C@H]1N1Cc2ccc(-c3nnc(C(F)F)o3)cc2C1=O. The number of ether oxygens (including phenoxy) is 2. The summed E-state index contributed by atoms with van der Waals surface area (Å²) in [6.07, 6.45) is -3.97. The average Bonchev–Trinajstić information content (AvgIpc) is 3.27. The van der Waals surface area contributed by atoms with Crippen molar-refractivity contribution in [2.24, 2.45) is 5.73 Å². The van der Waals surface area contributed by atoms with E-state index in [1.54, 1.807) is 17.0 Å². The van der Waals surface area contributed by atoms with E-state index in [0.717, 1.165) is 5.56 Å². The highest BCUT2D eigenvalue weighted by Gasteiger charge is 2.40.